The Morgan fingerprint density at radius 1 is 1.03 bits per heavy atom. The number of amides is 4. The number of carbonyl (C=O) groups is 4. The number of imide groups is 1. The van der Waals surface area contributed by atoms with Gasteiger partial charge in [-0.3, -0.25) is 24.1 Å². The Hall–Kier alpha value is -2.90. The molecule has 186 valence electrons. The van der Waals surface area contributed by atoms with Gasteiger partial charge in [-0.2, -0.15) is 0 Å². The molecule has 7 nitrogen and oxygen atoms in total. The number of halogens is 2. The van der Waals surface area contributed by atoms with Crippen molar-refractivity contribution in [3.8, 4) is 0 Å². The third kappa shape index (κ3) is 6.41. The number of fused-ring (bicyclic) bond motifs is 1. The molecule has 0 saturated heterocycles. The molecular formula is C26H29Cl2N3O4. The number of hydrogen-bond donors (Lipinski definition) is 1. The average Bonchev–Trinajstić information content (AvgIpc) is 3.08. The Morgan fingerprint density at radius 2 is 1.69 bits per heavy atom. The molecule has 0 aromatic heterocycles. The molecule has 1 aliphatic rings. The molecular weight excluding hydrogens is 489 g/mol. The molecule has 1 N–H and O–H groups in total. The van der Waals surface area contributed by atoms with E-state index in [9.17, 15) is 19.2 Å². The summed E-state index contributed by atoms with van der Waals surface area (Å²) >= 11 is 12.3. The maximum absolute atomic E-state index is 13.2. The summed E-state index contributed by atoms with van der Waals surface area (Å²) in [7, 11) is 0. The van der Waals surface area contributed by atoms with Crippen molar-refractivity contribution in [3.05, 3.63) is 69.2 Å². The summed E-state index contributed by atoms with van der Waals surface area (Å²) in [6.07, 6.45) is 2.12. The SMILES string of the molecule is CCCCNC(=O)C(C)N(Cc1ccc(Cl)cc1Cl)C(=O)CCCN1C(=O)c2ccccc2C1=O. The molecule has 0 bridgehead atoms. The lowest BCUT2D eigenvalue weighted by atomic mass is 10.1. The second-order valence-corrected chi connectivity index (χ2v) is 9.33. The standard InChI is InChI=1S/C26H29Cl2N3O4/c1-3-4-13-29-24(33)17(2)31(16-18-11-12-19(27)15-22(18)28)23(32)10-7-14-30-25(34)20-8-5-6-9-21(20)26(30)35/h5-6,8-9,11-12,15,17H,3-4,7,10,13-14,16H2,1-2H3,(H,29,33). The van der Waals surface area contributed by atoms with Crippen LogP contribution >= 0.6 is 23.2 Å². The minimum absolute atomic E-state index is 0.0607. The van der Waals surface area contributed by atoms with E-state index in [1.165, 1.54) is 9.80 Å². The van der Waals surface area contributed by atoms with Crippen molar-refractivity contribution < 1.29 is 19.2 Å². The predicted octanol–water partition coefficient (Wildman–Crippen LogP) is 4.70. The fourth-order valence-electron chi connectivity index (χ4n) is 3.93. The zero-order valence-electron chi connectivity index (χ0n) is 19.9. The van der Waals surface area contributed by atoms with Crippen LogP contribution in [0.15, 0.2) is 42.5 Å². The number of unbranched alkanes of at least 4 members (excludes halogenated alkanes) is 1. The van der Waals surface area contributed by atoms with Crippen molar-refractivity contribution in [1.29, 1.82) is 0 Å². The van der Waals surface area contributed by atoms with Crippen molar-refractivity contribution in [2.24, 2.45) is 0 Å². The number of benzene rings is 2. The lowest BCUT2D eigenvalue weighted by molar-refractivity contribution is -0.140. The van der Waals surface area contributed by atoms with Gasteiger partial charge >= 0.3 is 0 Å². The number of carbonyl (C=O) groups excluding carboxylic acids is 4. The smallest absolute Gasteiger partial charge is 0.261 e. The second-order valence-electron chi connectivity index (χ2n) is 8.49. The van der Waals surface area contributed by atoms with Gasteiger partial charge in [-0.1, -0.05) is 54.7 Å². The van der Waals surface area contributed by atoms with Crippen LogP contribution in [0.25, 0.3) is 0 Å². The summed E-state index contributed by atoms with van der Waals surface area (Å²) in [5, 5.41) is 3.74. The predicted molar refractivity (Wildman–Crippen MR) is 135 cm³/mol. The van der Waals surface area contributed by atoms with Gasteiger partial charge in [0.15, 0.2) is 0 Å². The van der Waals surface area contributed by atoms with Gasteiger partial charge in [-0.25, -0.2) is 0 Å². The van der Waals surface area contributed by atoms with E-state index in [4.69, 9.17) is 23.2 Å². The fourth-order valence-corrected chi connectivity index (χ4v) is 4.39. The fraction of sp³-hybridized carbons (Fsp3) is 0.385. The largest absolute Gasteiger partial charge is 0.354 e. The van der Waals surface area contributed by atoms with Crippen molar-refractivity contribution >= 4 is 46.8 Å². The molecule has 0 radical (unpaired) electrons. The molecule has 0 fully saturated rings. The maximum Gasteiger partial charge on any atom is 0.261 e. The molecule has 0 saturated carbocycles. The second kappa shape index (κ2) is 12.2. The van der Waals surface area contributed by atoms with Crippen molar-refractivity contribution in [3.63, 3.8) is 0 Å². The quantitative estimate of drug-likeness (QED) is 0.345. The lowest BCUT2D eigenvalue weighted by Gasteiger charge is -2.29. The highest BCUT2D eigenvalue weighted by Crippen LogP contribution is 2.25. The minimum Gasteiger partial charge on any atom is -0.354 e. The zero-order valence-corrected chi connectivity index (χ0v) is 21.4. The molecule has 2 aromatic rings. The number of nitrogens with one attached hydrogen (secondary N) is 1. The van der Waals surface area contributed by atoms with Crippen LogP contribution < -0.4 is 5.32 Å². The summed E-state index contributed by atoms with van der Waals surface area (Å²) in [6, 6.07) is 10.9. The van der Waals surface area contributed by atoms with E-state index in [2.05, 4.69) is 5.32 Å². The Kier molecular flexibility index (Phi) is 9.29. The summed E-state index contributed by atoms with van der Waals surface area (Å²) in [4.78, 5) is 53.8. The summed E-state index contributed by atoms with van der Waals surface area (Å²) < 4.78 is 0. The van der Waals surface area contributed by atoms with E-state index < -0.39 is 6.04 Å². The zero-order chi connectivity index (χ0) is 25.5. The van der Waals surface area contributed by atoms with Crippen molar-refractivity contribution in [2.75, 3.05) is 13.1 Å². The lowest BCUT2D eigenvalue weighted by Crippen LogP contribution is -2.48. The Bertz CT molecular complexity index is 1090. The summed E-state index contributed by atoms with van der Waals surface area (Å²) in [5.41, 5.74) is 1.42. The summed E-state index contributed by atoms with van der Waals surface area (Å²) in [6.45, 7) is 4.48. The molecule has 35 heavy (non-hydrogen) atoms. The Morgan fingerprint density at radius 3 is 2.29 bits per heavy atom. The van der Waals surface area contributed by atoms with E-state index >= 15 is 0 Å². The topological polar surface area (TPSA) is 86.8 Å². The Balaban J connectivity index is 1.68. The van der Waals surface area contributed by atoms with E-state index in [1.54, 1.807) is 49.4 Å². The molecule has 1 unspecified atom stereocenters. The van der Waals surface area contributed by atoms with Crippen LogP contribution in [0.4, 0.5) is 0 Å². The van der Waals surface area contributed by atoms with Crippen molar-refractivity contribution in [1.82, 2.24) is 15.1 Å². The molecule has 1 atom stereocenters. The van der Waals surface area contributed by atoms with Crippen molar-refractivity contribution in [2.45, 2.75) is 52.1 Å². The third-order valence-electron chi connectivity index (χ3n) is 6.00. The third-order valence-corrected chi connectivity index (χ3v) is 6.59. The first-order chi connectivity index (χ1) is 16.7. The van der Waals surface area contributed by atoms with Crippen LogP contribution in [0.3, 0.4) is 0 Å². The van der Waals surface area contributed by atoms with Crippen LogP contribution in [0, 0.1) is 0 Å². The van der Waals surface area contributed by atoms with E-state index in [0.717, 1.165) is 12.8 Å². The molecule has 1 aliphatic heterocycles. The first-order valence-electron chi connectivity index (χ1n) is 11.7. The highest BCUT2D eigenvalue weighted by molar-refractivity contribution is 6.35. The van der Waals surface area contributed by atoms with Crippen LogP contribution in [-0.4, -0.2) is 52.6 Å². The first-order valence-corrected chi connectivity index (χ1v) is 12.5. The van der Waals surface area contributed by atoms with Gasteiger partial charge in [0, 0.05) is 36.1 Å². The van der Waals surface area contributed by atoms with Gasteiger partial charge in [0.1, 0.15) is 6.04 Å². The van der Waals surface area contributed by atoms with Gasteiger partial charge < -0.3 is 10.2 Å². The molecule has 0 spiro atoms. The normalized spacial score (nSPS) is 13.5. The van der Waals surface area contributed by atoms with Gasteiger partial charge in [0.05, 0.1) is 11.1 Å². The summed E-state index contributed by atoms with van der Waals surface area (Å²) in [5.74, 6) is -1.24. The maximum atomic E-state index is 13.2. The first kappa shape index (κ1) is 26.7. The van der Waals surface area contributed by atoms with Crippen LogP contribution in [0.5, 0.6) is 0 Å². The van der Waals surface area contributed by atoms with E-state index in [1.807, 2.05) is 6.92 Å². The van der Waals surface area contributed by atoms with Gasteiger partial charge in [0.2, 0.25) is 11.8 Å². The molecule has 0 aliphatic carbocycles. The monoisotopic (exact) mass is 517 g/mol. The van der Waals surface area contributed by atoms with Crippen LogP contribution in [0.2, 0.25) is 10.0 Å². The van der Waals surface area contributed by atoms with Crippen LogP contribution in [-0.2, 0) is 16.1 Å². The average molecular weight is 518 g/mol. The molecule has 2 aromatic carbocycles. The molecule has 9 heteroatoms. The number of nitrogens with zero attached hydrogens (tertiary/aromatic N) is 2. The van der Waals surface area contributed by atoms with Gasteiger partial charge in [-0.05, 0) is 49.6 Å². The highest BCUT2D eigenvalue weighted by atomic mass is 35.5. The van der Waals surface area contributed by atoms with E-state index in [0.29, 0.717) is 33.3 Å². The van der Waals surface area contributed by atoms with Crippen LogP contribution in [0.1, 0.15) is 65.8 Å². The minimum atomic E-state index is -0.731. The highest BCUT2D eigenvalue weighted by Gasteiger charge is 2.35. The van der Waals surface area contributed by atoms with Gasteiger partial charge in [-0.15, -0.1) is 0 Å². The number of hydrogen-bond acceptors (Lipinski definition) is 4. The Labute approximate surface area is 215 Å². The molecule has 3 rings (SSSR count). The van der Waals surface area contributed by atoms with E-state index in [-0.39, 0.29) is 49.6 Å². The molecule has 1 heterocycles. The molecule has 4 amide bonds. The number of rotatable bonds is 11. The van der Waals surface area contributed by atoms with Gasteiger partial charge in [0.25, 0.3) is 11.8 Å².